The second-order valence-electron chi connectivity index (χ2n) is 3.29. The van der Waals surface area contributed by atoms with E-state index in [9.17, 15) is 4.79 Å². The number of carboxylic acid groups (broad SMARTS) is 1. The van der Waals surface area contributed by atoms with Gasteiger partial charge >= 0.3 is 5.97 Å². The third kappa shape index (κ3) is 5.13. The van der Waals surface area contributed by atoms with Crippen molar-refractivity contribution in [3.05, 3.63) is 19.2 Å². The topological polar surface area (TPSA) is 37.3 Å². The Labute approximate surface area is 110 Å². The van der Waals surface area contributed by atoms with Gasteiger partial charge in [-0.3, -0.25) is 4.79 Å². The summed E-state index contributed by atoms with van der Waals surface area (Å²) in [5, 5.41) is 8.46. The summed E-state index contributed by atoms with van der Waals surface area (Å²) >= 11 is 8.63. The molecule has 1 aromatic rings. The number of aryl methyl sites for hydroxylation is 1. The zero-order valence-electron chi connectivity index (χ0n) is 8.13. The Morgan fingerprint density at radius 1 is 1.33 bits per heavy atom. The van der Waals surface area contributed by atoms with E-state index in [2.05, 4.69) is 37.9 Å². The van der Waals surface area contributed by atoms with E-state index in [-0.39, 0.29) is 6.42 Å². The number of halogens is 2. The average molecular weight is 356 g/mol. The van der Waals surface area contributed by atoms with Gasteiger partial charge in [0.1, 0.15) is 0 Å². The van der Waals surface area contributed by atoms with Crippen LogP contribution in [0.2, 0.25) is 0 Å². The average Bonchev–Trinajstić information content (AvgIpc) is 2.45. The maximum absolute atomic E-state index is 10.3. The van der Waals surface area contributed by atoms with Crippen molar-refractivity contribution in [2.24, 2.45) is 0 Å². The molecule has 1 heterocycles. The second kappa shape index (κ2) is 6.66. The maximum Gasteiger partial charge on any atom is 0.303 e. The van der Waals surface area contributed by atoms with Crippen LogP contribution in [0.1, 0.15) is 30.6 Å². The molecule has 0 atom stereocenters. The molecular weight excluding hydrogens is 344 g/mol. The Kier molecular flexibility index (Phi) is 5.86. The van der Waals surface area contributed by atoms with Crippen LogP contribution >= 0.6 is 43.2 Å². The molecule has 0 saturated heterocycles. The molecule has 0 radical (unpaired) electrons. The van der Waals surface area contributed by atoms with Gasteiger partial charge in [-0.25, -0.2) is 0 Å². The van der Waals surface area contributed by atoms with Crippen LogP contribution in [0.15, 0.2) is 14.3 Å². The Bertz CT molecular complexity index is 317. The summed E-state index contributed by atoms with van der Waals surface area (Å²) in [6.07, 6.45) is 4.15. The fourth-order valence-electron chi connectivity index (χ4n) is 1.27. The van der Waals surface area contributed by atoms with Crippen LogP contribution in [0.3, 0.4) is 0 Å². The van der Waals surface area contributed by atoms with E-state index >= 15 is 0 Å². The van der Waals surface area contributed by atoms with Crippen LogP contribution in [-0.4, -0.2) is 11.1 Å². The minimum absolute atomic E-state index is 0.290. The Morgan fingerprint density at radius 3 is 2.60 bits per heavy atom. The van der Waals surface area contributed by atoms with Crippen LogP contribution in [-0.2, 0) is 11.2 Å². The van der Waals surface area contributed by atoms with E-state index in [0.717, 1.165) is 33.9 Å². The number of carbonyl (C=O) groups is 1. The van der Waals surface area contributed by atoms with E-state index in [1.54, 1.807) is 11.3 Å². The van der Waals surface area contributed by atoms with Crippen molar-refractivity contribution in [1.29, 1.82) is 0 Å². The maximum atomic E-state index is 10.3. The third-order valence-corrected chi connectivity index (χ3v) is 5.33. The van der Waals surface area contributed by atoms with Crippen molar-refractivity contribution in [3.8, 4) is 0 Å². The predicted octanol–water partition coefficient (Wildman–Crippen LogP) is 4.46. The van der Waals surface area contributed by atoms with Crippen LogP contribution in [0.4, 0.5) is 0 Å². The molecule has 1 rings (SSSR count). The van der Waals surface area contributed by atoms with Gasteiger partial charge in [0.2, 0.25) is 0 Å². The van der Waals surface area contributed by atoms with Crippen LogP contribution in [0, 0.1) is 0 Å². The molecule has 0 aromatic carbocycles. The van der Waals surface area contributed by atoms with E-state index in [0.29, 0.717) is 0 Å². The third-order valence-electron chi connectivity index (χ3n) is 2.01. The molecule has 0 aliphatic carbocycles. The van der Waals surface area contributed by atoms with E-state index in [4.69, 9.17) is 5.11 Å². The molecule has 0 amide bonds. The highest BCUT2D eigenvalue weighted by atomic mass is 79.9. The Balaban J connectivity index is 2.18. The summed E-state index contributed by atoms with van der Waals surface area (Å²) in [6, 6.07) is 2.12. The SMILES string of the molecule is O=C(O)CCCCCc1cc(Br)c(Br)s1. The molecule has 1 N–H and O–H groups in total. The van der Waals surface area contributed by atoms with Crippen molar-refractivity contribution in [2.75, 3.05) is 0 Å². The van der Waals surface area contributed by atoms with Crippen molar-refractivity contribution in [1.82, 2.24) is 0 Å². The van der Waals surface area contributed by atoms with Gasteiger partial charge in [-0.15, -0.1) is 11.3 Å². The van der Waals surface area contributed by atoms with E-state index in [1.165, 1.54) is 4.88 Å². The lowest BCUT2D eigenvalue weighted by atomic mass is 10.1. The summed E-state index contributed by atoms with van der Waals surface area (Å²) in [5.74, 6) is -0.698. The quantitative estimate of drug-likeness (QED) is 0.765. The smallest absolute Gasteiger partial charge is 0.303 e. The lowest BCUT2D eigenvalue weighted by Gasteiger charge is -1.96. The van der Waals surface area contributed by atoms with Gasteiger partial charge in [0.05, 0.1) is 3.79 Å². The van der Waals surface area contributed by atoms with E-state index < -0.39 is 5.97 Å². The lowest BCUT2D eigenvalue weighted by molar-refractivity contribution is -0.137. The van der Waals surface area contributed by atoms with Crippen LogP contribution in [0.5, 0.6) is 0 Å². The van der Waals surface area contributed by atoms with Crippen molar-refractivity contribution in [2.45, 2.75) is 32.1 Å². The second-order valence-corrected chi connectivity index (χ2v) is 6.60. The van der Waals surface area contributed by atoms with Crippen molar-refractivity contribution in [3.63, 3.8) is 0 Å². The monoisotopic (exact) mass is 354 g/mol. The van der Waals surface area contributed by atoms with Crippen molar-refractivity contribution < 1.29 is 9.90 Å². The van der Waals surface area contributed by atoms with Gasteiger partial charge in [0.25, 0.3) is 0 Å². The van der Waals surface area contributed by atoms with Crippen molar-refractivity contribution >= 4 is 49.2 Å². The van der Waals surface area contributed by atoms with E-state index in [1.807, 2.05) is 0 Å². The number of unbranched alkanes of at least 4 members (excludes halogenated alkanes) is 2. The molecule has 15 heavy (non-hydrogen) atoms. The molecule has 0 aliphatic rings. The number of aliphatic carboxylic acids is 1. The number of hydrogen-bond donors (Lipinski definition) is 1. The Morgan fingerprint density at radius 2 is 2.07 bits per heavy atom. The predicted molar refractivity (Wildman–Crippen MR) is 69.5 cm³/mol. The van der Waals surface area contributed by atoms with Crippen LogP contribution in [0.25, 0.3) is 0 Å². The summed E-state index contributed by atoms with van der Waals surface area (Å²) in [5.41, 5.74) is 0. The summed E-state index contributed by atoms with van der Waals surface area (Å²) in [7, 11) is 0. The molecule has 0 bridgehead atoms. The Hall–Kier alpha value is 0.130. The van der Waals surface area contributed by atoms with Gasteiger partial charge in [-0.1, -0.05) is 6.42 Å². The first kappa shape index (κ1) is 13.2. The molecule has 0 unspecified atom stereocenters. The normalized spacial score (nSPS) is 10.5. The van der Waals surface area contributed by atoms with Gasteiger partial charge in [-0.05, 0) is 57.2 Å². The van der Waals surface area contributed by atoms with Gasteiger partial charge in [-0.2, -0.15) is 0 Å². The first-order chi connectivity index (χ1) is 7.09. The molecule has 0 saturated carbocycles. The molecule has 2 nitrogen and oxygen atoms in total. The fourth-order valence-corrected chi connectivity index (χ4v) is 3.49. The zero-order chi connectivity index (χ0) is 11.3. The van der Waals surface area contributed by atoms with Gasteiger partial charge < -0.3 is 5.11 Å². The fraction of sp³-hybridized carbons (Fsp3) is 0.500. The molecule has 0 fully saturated rings. The highest BCUT2D eigenvalue weighted by molar-refractivity contribution is 9.13. The molecule has 1 aromatic heterocycles. The first-order valence-electron chi connectivity index (χ1n) is 4.75. The molecule has 5 heteroatoms. The molecule has 0 aliphatic heterocycles. The largest absolute Gasteiger partial charge is 0.481 e. The highest BCUT2D eigenvalue weighted by Crippen LogP contribution is 2.33. The van der Waals surface area contributed by atoms with Crippen LogP contribution < -0.4 is 0 Å². The summed E-state index contributed by atoms with van der Waals surface area (Å²) in [6.45, 7) is 0. The molecule has 84 valence electrons. The first-order valence-corrected chi connectivity index (χ1v) is 7.15. The van der Waals surface area contributed by atoms with Gasteiger partial charge in [0.15, 0.2) is 0 Å². The molecule has 0 spiro atoms. The van der Waals surface area contributed by atoms with Gasteiger partial charge in [0, 0.05) is 15.8 Å². The zero-order valence-corrected chi connectivity index (χ0v) is 12.1. The number of thiophene rings is 1. The highest BCUT2D eigenvalue weighted by Gasteiger charge is 2.04. The number of rotatable bonds is 6. The summed E-state index contributed by atoms with van der Waals surface area (Å²) in [4.78, 5) is 11.6. The number of hydrogen-bond acceptors (Lipinski definition) is 2. The minimum atomic E-state index is -0.698. The standard InChI is InChI=1S/C10H12Br2O2S/c11-8-6-7(15-10(8)12)4-2-1-3-5-9(13)14/h6H,1-5H2,(H,13,14). The lowest BCUT2D eigenvalue weighted by Crippen LogP contribution is -1.93. The molecular formula is C10H12Br2O2S. The minimum Gasteiger partial charge on any atom is -0.481 e. The number of carboxylic acids is 1. The summed E-state index contributed by atoms with van der Waals surface area (Å²) < 4.78 is 2.23.